The first kappa shape index (κ1) is 94.0. The van der Waals surface area contributed by atoms with Crippen LogP contribution in [0.1, 0.15) is 190 Å². The number of carbonyl (C=O) groups excluding carboxylic acids is 12. The van der Waals surface area contributed by atoms with Crippen molar-refractivity contribution in [1.82, 2.24) is 55.9 Å². The van der Waals surface area contributed by atoms with Gasteiger partial charge in [0, 0.05) is 157 Å². The van der Waals surface area contributed by atoms with Gasteiger partial charge in [-0.1, -0.05) is 6.92 Å². The Kier molecular flexibility index (Phi) is 30.0. The van der Waals surface area contributed by atoms with Crippen LogP contribution in [-0.4, -0.2) is 217 Å². The molecule has 5 atom stereocenters. The van der Waals surface area contributed by atoms with E-state index in [4.69, 9.17) is 0 Å². The van der Waals surface area contributed by atoms with Crippen molar-refractivity contribution < 1.29 is 95.5 Å². The van der Waals surface area contributed by atoms with Gasteiger partial charge in [-0.15, -0.1) is 0 Å². The molecule has 2 saturated heterocycles. The molecule has 10 heterocycles. The van der Waals surface area contributed by atoms with Crippen LogP contribution in [0.25, 0.3) is 46.6 Å². The van der Waals surface area contributed by atoms with Crippen molar-refractivity contribution in [3.63, 3.8) is 0 Å². The SMILES string of the molecule is CC(=O)[C@@H](O)CCNC(=O)c1c(C)[nH]c(/C=C2\C(=O)Nc3ccc(F)cc32)c1C.Cc1[nH]c(/C=C2\C(=O)Nc3ccc(F)cc32)c(C)c1C(=O)NCC[C@H](O)C(=O)N(C)C.Cc1[nH]c(/C=C2\C(=O)Nc3ccc(F)cc32)c(C)c1C(=O)NCC[C@H](O)C(=O)N1CCC(C)C1.Cc1[nH]c(/C=C2\C(=O)Nc3ccc(F)cc32)c(C)c1C(=O)NCC[C@H](O)C(=O)N1CCCC1. The summed E-state index contributed by atoms with van der Waals surface area (Å²) in [5.74, 6) is -5.49. The molecule has 14 rings (SSSR count). The fourth-order valence-electron chi connectivity index (χ4n) is 15.8. The van der Waals surface area contributed by atoms with Crippen molar-refractivity contribution in [3.8, 4) is 0 Å². The highest BCUT2D eigenvalue weighted by molar-refractivity contribution is 6.37. The second-order valence-corrected chi connectivity index (χ2v) is 32.3. The number of benzene rings is 4. The molecule has 0 saturated carbocycles. The number of halogens is 4. The molecule has 1 unspecified atom stereocenters. The van der Waals surface area contributed by atoms with E-state index >= 15 is 0 Å². The predicted molar refractivity (Wildman–Crippen MR) is 470 cm³/mol. The molecule has 0 spiro atoms. The highest BCUT2D eigenvalue weighted by Gasteiger charge is 2.34. The topological polar surface area (TPSA) is 455 Å². The molecule has 0 radical (unpaired) electrons. The Bertz CT molecular complexity index is 5860. The standard InChI is InChI=1S/C25H29FN4O4.C24H27FN4O4.C22H25FN4O4.C21H22FN3O4/c1-13-7-9-30(12-13)25(34)21(31)6-8-27-24(33)22-14(2)20(28-15(22)3)11-18-17-10-16(26)4-5-19(17)29-23(18)32;1-13-19(12-17-16-11-15(25)5-6-18(16)28-22(17)31)27-14(2)21(13)23(32)26-8-7-20(30)24(33)29-9-3-4-10-29;1-11-17(10-15-14-9-13(23)5-6-16(14)26-20(15)29)25-12(2)19(11)21(30)24-8-7-18(28)22(31)27(3)4;1-10-17(9-15-14-8-13(22)4-5-16(14)25-20(15)28)24-11(2)19(10)21(29)23-7-6-18(27)12(3)26/h4-5,10-11,13,21,28,31H,6-9,12H2,1-3H3,(H,27,33)(H,29,32);5-6,11-12,20,27,30H,3-4,7-10H2,1-2H3,(H,26,32)(H,28,31);5-6,9-10,18,25,28H,7-8H2,1-4H3,(H,24,30)(H,26,29);4-5,8-9,18,24,27H,6-7H2,1-3H3,(H,23,29)(H,25,28)/b18-11-;17-12-;15-10-;15-9-/t13?,21-;20-;2*18-/m0000/s1. The lowest BCUT2D eigenvalue weighted by molar-refractivity contribution is -0.139. The summed E-state index contributed by atoms with van der Waals surface area (Å²) in [6.07, 6.45) is 5.12. The zero-order chi connectivity index (χ0) is 92.4. The summed E-state index contributed by atoms with van der Waals surface area (Å²) in [5, 5.41) is 61.4. The minimum atomic E-state index is -1.19. The van der Waals surface area contributed by atoms with Crippen LogP contribution in [0.2, 0.25) is 0 Å². The normalized spacial score (nSPS) is 16.8. The Morgan fingerprint density at radius 2 is 0.685 bits per heavy atom. The molecule has 4 aromatic carbocycles. The second-order valence-electron chi connectivity index (χ2n) is 32.3. The highest BCUT2D eigenvalue weighted by Crippen LogP contribution is 2.40. The number of fused-ring (bicyclic) bond motifs is 4. The molecule has 31 nitrogen and oxygen atoms in total. The van der Waals surface area contributed by atoms with Crippen LogP contribution in [0.5, 0.6) is 0 Å². The van der Waals surface area contributed by atoms with Gasteiger partial charge in [0.25, 0.3) is 65.0 Å². The summed E-state index contributed by atoms with van der Waals surface area (Å²) in [6.45, 7) is 20.5. The smallest absolute Gasteiger partial charge is 0.256 e. The third kappa shape index (κ3) is 21.8. The third-order valence-electron chi connectivity index (χ3n) is 22.8. The highest BCUT2D eigenvalue weighted by atomic mass is 19.1. The molecule has 16 N–H and O–H groups in total. The van der Waals surface area contributed by atoms with E-state index in [1.807, 2.05) is 0 Å². The van der Waals surface area contributed by atoms with Crippen molar-refractivity contribution in [3.05, 3.63) is 208 Å². The Labute approximate surface area is 728 Å². The van der Waals surface area contributed by atoms with E-state index in [9.17, 15) is 95.5 Å². The maximum absolute atomic E-state index is 13.7. The number of anilines is 4. The van der Waals surface area contributed by atoms with Gasteiger partial charge in [0.1, 0.15) is 47.7 Å². The number of likely N-dealkylation sites (N-methyl/N-ethyl adjacent to an activating group) is 1. The van der Waals surface area contributed by atoms with Crippen LogP contribution in [0.3, 0.4) is 0 Å². The van der Waals surface area contributed by atoms with Crippen LogP contribution in [-0.2, 0) is 38.4 Å². The molecular formula is C92H103F4N15O16. The number of likely N-dealkylation sites (tertiary alicyclic amines) is 2. The molecule has 6 aliphatic rings. The maximum Gasteiger partial charge on any atom is 0.256 e. The van der Waals surface area contributed by atoms with Crippen LogP contribution in [0.15, 0.2) is 72.8 Å². The number of nitrogens with zero attached hydrogens (tertiary/aromatic N) is 3. The minimum Gasteiger partial charge on any atom is -0.385 e. The molecule has 0 aliphatic carbocycles. The number of aryl methyl sites for hydroxylation is 4. The van der Waals surface area contributed by atoms with Gasteiger partial charge in [-0.3, -0.25) is 57.5 Å². The lowest BCUT2D eigenvalue weighted by atomic mass is 10.0. The Balaban J connectivity index is 0.000000165. The van der Waals surface area contributed by atoms with E-state index in [0.29, 0.717) is 189 Å². The number of aliphatic hydroxyl groups excluding tert-OH is 4. The monoisotopic (exact) mass is 1750 g/mol. The van der Waals surface area contributed by atoms with Gasteiger partial charge >= 0.3 is 0 Å². The van der Waals surface area contributed by atoms with Crippen LogP contribution in [0, 0.1) is 84.6 Å². The first-order valence-electron chi connectivity index (χ1n) is 41.4. The number of ketones is 1. The van der Waals surface area contributed by atoms with Crippen molar-refractivity contribution in [2.45, 2.75) is 139 Å². The van der Waals surface area contributed by atoms with E-state index in [0.717, 1.165) is 19.3 Å². The lowest BCUT2D eigenvalue weighted by Crippen LogP contribution is -2.39. The van der Waals surface area contributed by atoms with Gasteiger partial charge in [0.05, 0.1) is 44.5 Å². The number of carbonyl (C=O) groups is 12. The predicted octanol–water partition coefficient (Wildman–Crippen LogP) is 9.14. The molecule has 127 heavy (non-hydrogen) atoms. The number of rotatable bonds is 24. The fraction of sp³-hybridized carbons (Fsp3) is 0.348. The Morgan fingerprint density at radius 3 is 0.945 bits per heavy atom. The van der Waals surface area contributed by atoms with Gasteiger partial charge in [-0.25, -0.2) is 17.6 Å². The molecule has 670 valence electrons. The number of Topliss-reactive ketones (excluding diaryl/α,β-unsaturated/α-hetero) is 1. The molecular weight excluding hydrogens is 1650 g/mol. The number of H-pyrrole nitrogens is 4. The Hall–Kier alpha value is -13.6. The largest absolute Gasteiger partial charge is 0.385 e. The number of aromatic amines is 4. The quantitative estimate of drug-likeness (QED) is 0.0198. The van der Waals surface area contributed by atoms with Gasteiger partial charge in [-0.2, -0.15) is 0 Å². The molecule has 8 aromatic rings. The van der Waals surface area contributed by atoms with Crippen molar-refractivity contribution in [2.24, 2.45) is 5.92 Å². The van der Waals surface area contributed by atoms with E-state index < -0.39 is 53.6 Å². The van der Waals surface area contributed by atoms with E-state index in [2.05, 4.69) is 69.4 Å². The molecule has 35 heteroatoms. The first-order valence-corrected chi connectivity index (χ1v) is 41.4. The van der Waals surface area contributed by atoms with E-state index in [1.165, 1.54) is 84.6 Å². The van der Waals surface area contributed by atoms with Gasteiger partial charge in [0.15, 0.2) is 5.78 Å². The number of nitrogens with one attached hydrogen (secondary N) is 12. The number of aromatic nitrogens is 4. The van der Waals surface area contributed by atoms with Gasteiger partial charge in [0.2, 0.25) is 0 Å². The minimum absolute atomic E-state index is 0.0880. The molecule has 11 amide bonds. The summed E-state index contributed by atoms with van der Waals surface area (Å²) in [7, 11) is 3.09. The maximum atomic E-state index is 13.7. The fourth-order valence-corrected chi connectivity index (χ4v) is 15.8. The molecule has 0 bridgehead atoms. The van der Waals surface area contributed by atoms with Gasteiger partial charge in [-0.05, 0) is 233 Å². The average molecular weight is 1750 g/mol. The van der Waals surface area contributed by atoms with Crippen molar-refractivity contribution in [1.29, 1.82) is 0 Å². The van der Waals surface area contributed by atoms with Gasteiger partial charge < -0.3 is 97.6 Å². The van der Waals surface area contributed by atoms with E-state index in [1.54, 1.807) is 104 Å². The lowest BCUT2D eigenvalue weighted by Gasteiger charge is -2.20. The summed E-state index contributed by atoms with van der Waals surface area (Å²) < 4.78 is 54.7. The summed E-state index contributed by atoms with van der Waals surface area (Å²) in [4.78, 5) is 165. The van der Waals surface area contributed by atoms with Crippen molar-refractivity contribution in [2.75, 3.05) is 87.7 Å². The average Bonchev–Trinajstić information content (AvgIpc) is 1.64. The van der Waals surface area contributed by atoms with Crippen molar-refractivity contribution >= 4 is 140 Å². The van der Waals surface area contributed by atoms with E-state index in [-0.39, 0.29) is 117 Å². The number of aliphatic hydroxyl groups is 4. The summed E-state index contributed by atoms with van der Waals surface area (Å²) in [5.41, 5.74) is 14.2. The molecule has 6 aliphatic heterocycles. The second kappa shape index (κ2) is 40.6. The number of hydrogen-bond acceptors (Lipinski definition) is 16. The summed E-state index contributed by atoms with van der Waals surface area (Å²) >= 11 is 0. The van der Waals surface area contributed by atoms with Crippen LogP contribution in [0.4, 0.5) is 40.3 Å². The molecule has 4 aromatic heterocycles. The molecule has 2 fully saturated rings. The Morgan fingerprint density at radius 1 is 0.417 bits per heavy atom. The number of amides is 11. The number of hydrogen-bond donors (Lipinski definition) is 16. The first-order chi connectivity index (χ1) is 60.2. The van der Waals surface area contributed by atoms with Crippen LogP contribution < -0.4 is 42.5 Å². The van der Waals surface area contributed by atoms with Crippen LogP contribution >= 0.6 is 0 Å². The third-order valence-corrected chi connectivity index (χ3v) is 22.8. The zero-order valence-corrected chi connectivity index (χ0v) is 72.3. The summed E-state index contributed by atoms with van der Waals surface area (Å²) in [6, 6.07) is 16.3. The zero-order valence-electron chi connectivity index (χ0n) is 72.3.